The molecule has 7 heteroatoms. The second kappa shape index (κ2) is 9.31. The Bertz CT molecular complexity index is 760. The van der Waals surface area contributed by atoms with Gasteiger partial charge in [0, 0.05) is 11.3 Å². The van der Waals surface area contributed by atoms with Crippen LogP contribution in [0, 0.1) is 0 Å². The zero-order chi connectivity index (χ0) is 18.9. The van der Waals surface area contributed by atoms with E-state index in [4.69, 9.17) is 9.47 Å². The van der Waals surface area contributed by atoms with Crippen LogP contribution in [0.3, 0.4) is 0 Å². The van der Waals surface area contributed by atoms with Crippen LogP contribution in [-0.2, 0) is 4.79 Å². The van der Waals surface area contributed by atoms with Gasteiger partial charge in [-0.3, -0.25) is 4.79 Å². The number of hydrazone groups is 1. The summed E-state index contributed by atoms with van der Waals surface area (Å²) in [4.78, 5) is 12.1. The van der Waals surface area contributed by atoms with Crippen LogP contribution in [0.4, 0.5) is 5.69 Å². The molecule has 0 saturated heterocycles. The fourth-order valence-electron chi connectivity index (χ4n) is 2.15. The van der Waals surface area contributed by atoms with Gasteiger partial charge in [-0.2, -0.15) is 5.10 Å². The smallest absolute Gasteiger partial charge is 0.262 e. The van der Waals surface area contributed by atoms with Crippen molar-refractivity contribution in [2.24, 2.45) is 5.10 Å². The third-order valence-electron chi connectivity index (χ3n) is 3.55. The van der Waals surface area contributed by atoms with Crippen molar-refractivity contribution in [1.29, 1.82) is 0 Å². The maximum atomic E-state index is 12.1. The Morgan fingerprint density at radius 1 is 1.23 bits per heavy atom. The predicted molar refractivity (Wildman–Crippen MR) is 101 cm³/mol. The van der Waals surface area contributed by atoms with Crippen LogP contribution >= 0.6 is 0 Å². The molecule has 0 aromatic heterocycles. The summed E-state index contributed by atoms with van der Waals surface area (Å²) in [5, 5.41) is 16.7. The lowest BCUT2D eigenvalue weighted by atomic mass is 10.2. The molecule has 2 rings (SSSR count). The highest BCUT2D eigenvalue weighted by atomic mass is 16.5. The molecule has 0 unspecified atom stereocenters. The standard InChI is InChI=1S/C19H23N3O4/c1-4-26-16-7-5-15(6-8-16)21-13(2)19(24)22-20-12-14-11-17(25-3)9-10-18(14)23/h5-13,21,23H,4H2,1-3H3,(H,22,24)/b20-12-/t13-/m1/s1. The summed E-state index contributed by atoms with van der Waals surface area (Å²) < 4.78 is 10.5. The second-order valence-corrected chi connectivity index (χ2v) is 5.48. The lowest BCUT2D eigenvalue weighted by molar-refractivity contribution is -0.121. The van der Waals surface area contributed by atoms with Crippen molar-refractivity contribution in [3.63, 3.8) is 0 Å². The van der Waals surface area contributed by atoms with Crippen molar-refractivity contribution in [2.45, 2.75) is 19.9 Å². The number of methoxy groups -OCH3 is 1. The first-order valence-corrected chi connectivity index (χ1v) is 8.22. The Morgan fingerprint density at radius 2 is 1.92 bits per heavy atom. The molecule has 2 aromatic carbocycles. The largest absolute Gasteiger partial charge is 0.507 e. The number of anilines is 1. The zero-order valence-electron chi connectivity index (χ0n) is 15.0. The summed E-state index contributed by atoms with van der Waals surface area (Å²) in [5.41, 5.74) is 3.68. The van der Waals surface area contributed by atoms with Crippen LogP contribution in [0.5, 0.6) is 17.2 Å². The fraction of sp³-hybridized carbons (Fsp3) is 0.263. The molecule has 26 heavy (non-hydrogen) atoms. The van der Waals surface area contributed by atoms with E-state index in [-0.39, 0.29) is 11.7 Å². The van der Waals surface area contributed by atoms with Gasteiger partial charge >= 0.3 is 0 Å². The van der Waals surface area contributed by atoms with Crippen molar-refractivity contribution in [3.8, 4) is 17.2 Å². The van der Waals surface area contributed by atoms with Gasteiger partial charge in [0.05, 0.1) is 19.9 Å². The average Bonchev–Trinajstić information content (AvgIpc) is 2.65. The molecule has 0 heterocycles. The van der Waals surface area contributed by atoms with Gasteiger partial charge in [0.1, 0.15) is 23.3 Å². The lowest BCUT2D eigenvalue weighted by Gasteiger charge is -2.14. The topological polar surface area (TPSA) is 92.2 Å². The number of hydrogen-bond donors (Lipinski definition) is 3. The molecule has 138 valence electrons. The van der Waals surface area contributed by atoms with Gasteiger partial charge < -0.3 is 19.9 Å². The first kappa shape index (κ1) is 19.1. The van der Waals surface area contributed by atoms with Crippen LogP contribution in [0.25, 0.3) is 0 Å². The Kier molecular flexibility index (Phi) is 6.84. The van der Waals surface area contributed by atoms with E-state index in [2.05, 4.69) is 15.8 Å². The van der Waals surface area contributed by atoms with E-state index in [1.165, 1.54) is 19.4 Å². The number of carbonyl (C=O) groups is 1. The minimum Gasteiger partial charge on any atom is -0.507 e. The summed E-state index contributed by atoms with van der Waals surface area (Å²) in [6, 6.07) is 11.6. The first-order valence-electron chi connectivity index (χ1n) is 8.22. The second-order valence-electron chi connectivity index (χ2n) is 5.48. The van der Waals surface area contributed by atoms with Gasteiger partial charge in [0.2, 0.25) is 0 Å². The molecular formula is C19H23N3O4. The quantitative estimate of drug-likeness (QED) is 0.499. The molecule has 0 spiro atoms. The molecule has 0 aliphatic carbocycles. The highest BCUT2D eigenvalue weighted by molar-refractivity contribution is 5.88. The minimum atomic E-state index is -0.496. The molecule has 0 aliphatic heterocycles. The molecule has 2 aromatic rings. The number of ether oxygens (including phenoxy) is 2. The summed E-state index contributed by atoms with van der Waals surface area (Å²) >= 11 is 0. The van der Waals surface area contributed by atoms with Crippen molar-refractivity contribution in [2.75, 3.05) is 19.0 Å². The number of phenols is 1. The van der Waals surface area contributed by atoms with Crippen LogP contribution < -0.4 is 20.2 Å². The number of phenolic OH excluding ortho intramolecular Hbond substituents is 1. The maximum absolute atomic E-state index is 12.1. The molecule has 0 fully saturated rings. The number of amides is 1. The van der Waals surface area contributed by atoms with Crippen LogP contribution in [-0.4, -0.2) is 37.0 Å². The van der Waals surface area contributed by atoms with E-state index in [0.717, 1.165) is 11.4 Å². The van der Waals surface area contributed by atoms with E-state index < -0.39 is 6.04 Å². The minimum absolute atomic E-state index is 0.0457. The molecule has 1 atom stereocenters. The van der Waals surface area contributed by atoms with E-state index in [9.17, 15) is 9.90 Å². The number of carbonyl (C=O) groups excluding carboxylic acids is 1. The molecule has 0 radical (unpaired) electrons. The lowest BCUT2D eigenvalue weighted by Crippen LogP contribution is -2.34. The summed E-state index contributed by atoms with van der Waals surface area (Å²) in [5.74, 6) is 1.10. The number of hydrogen-bond acceptors (Lipinski definition) is 6. The molecule has 0 bridgehead atoms. The van der Waals surface area contributed by atoms with Crippen molar-refractivity contribution in [1.82, 2.24) is 5.43 Å². The van der Waals surface area contributed by atoms with Gasteiger partial charge in [-0.05, 0) is 56.3 Å². The molecule has 0 saturated carbocycles. The zero-order valence-corrected chi connectivity index (χ0v) is 15.0. The Labute approximate surface area is 152 Å². The predicted octanol–water partition coefficient (Wildman–Crippen LogP) is 2.75. The van der Waals surface area contributed by atoms with Crippen molar-refractivity contribution in [3.05, 3.63) is 48.0 Å². The highest BCUT2D eigenvalue weighted by Gasteiger charge is 2.11. The molecule has 1 amide bonds. The van der Waals surface area contributed by atoms with Gasteiger partial charge in [0.15, 0.2) is 0 Å². The van der Waals surface area contributed by atoms with Gasteiger partial charge in [-0.25, -0.2) is 5.43 Å². The van der Waals surface area contributed by atoms with Gasteiger partial charge in [-0.1, -0.05) is 0 Å². The Morgan fingerprint density at radius 3 is 2.58 bits per heavy atom. The van der Waals surface area contributed by atoms with E-state index >= 15 is 0 Å². The number of rotatable bonds is 8. The molecule has 7 nitrogen and oxygen atoms in total. The SMILES string of the molecule is CCOc1ccc(N[C@H](C)C(=O)N/N=C\c2cc(OC)ccc2O)cc1. The number of benzene rings is 2. The maximum Gasteiger partial charge on any atom is 0.262 e. The Balaban J connectivity index is 1.90. The van der Waals surface area contributed by atoms with Crippen LogP contribution in [0.15, 0.2) is 47.6 Å². The van der Waals surface area contributed by atoms with Gasteiger partial charge in [0.25, 0.3) is 5.91 Å². The van der Waals surface area contributed by atoms with Crippen molar-refractivity contribution >= 4 is 17.8 Å². The fourth-order valence-corrected chi connectivity index (χ4v) is 2.15. The number of aromatic hydroxyl groups is 1. The number of nitrogens with zero attached hydrogens (tertiary/aromatic N) is 1. The molecular weight excluding hydrogens is 334 g/mol. The summed E-state index contributed by atoms with van der Waals surface area (Å²) in [7, 11) is 1.53. The first-order chi connectivity index (χ1) is 12.5. The van der Waals surface area contributed by atoms with E-state index in [0.29, 0.717) is 17.9 Å². The third kappa shape index (κ3) is 5.41. The normalized spacial score (nSPS) is 11.8. The third-order valence-corrected chi connectivity index (χ3v) is 3.55. The molecule has 0 aliphatic rings. The summed E-state index contributed by atoms with van der Waals surface area (Å²) in [6.45, 7) is 4.25. The van der Waals surface area contributed by atoms with Crippen molar-refractivity contribution < 1.29 is 19.4 Å². The van der Waals surface area contributed by atoms with E-state index in [1.54, 1.807) is 19.1 Å². The monoisotopic (exact) mass is 357 g/mol. The molecule has 3 N–H and O–H groups in total. The average molecular weight is 357 g/mol. The highest BCUT2D eigenvalue weighted by Crippen LogP contribution is 2.21. The van der Waals surface area contributed by atoms with Gasteiger partial charge in [-0.15, -0.1) is 0 Å². The van der Waals surface area contributed by atoms with Crippen LogP contribution in [0.1, 0.15) is 19.4 Å². The van der Waals surface area contributed by atoms with E-state index in [1.807, 2.05) is 31.2 Å². The number of nitrogens with one attached hydrogen (secondary N) is 2. The summed E-state index contributed by atoms with van der Waals surface area (Å²) in [6.07, 6.45) is 1.36. The van der Waals surface area contributed by atoms with Crippen LogP contribution in [0.2, 0.25) is 0 Å². The Hall–Kier alpha value is -3.22.